The summed E-state index contributed by atoms with van der Waals surface area (Å²) < 4.78 is 27.4. The van der Waals surface area contributed by atoms with Gasteiger partial charge < -0.3 is 5.11 Å². The highest BCUT2D eigenvalue weighted by atomic mass is 35.5. The Morgan fingerprint density at radius 1 is 1.12 bits per heavy atom. The van der Waals surface area contributed by atoms with Crippen LogP contribution in [0.1, 0.15) is 19.4 Å². The van der Waals surface area contributed by atoms with Crippen LogP contribution in [0.5, 0.6) is 5.88 Å². The Bertz CT molecular complexity index is 1370. The predicted molar refractivity (Wildman–Crippen MR) is 123 cm³/mol. The molecule has 0 amide bonds. The molecule has 3 rings (SSSR count). The van der Waals surface area contributed by atoms with Crippen LogP contribution >= 0.6 is 11.6 Å². The third kappa shape index (κ3) is 4.67. The number of H-pyrrole nitrogens is 1. The van der Waals surface area contributed by atoms with E-state index < -0.39 is 27.2 Å². The van der Waals surface area contributed by atoms with Crippen molar-refractivity contribution in [3.05, 3.63) is 80.0 Å². The van der Waals surface area contributed by atoms with Crippen LogP contribution in [0.15, 0.2) is 68.0 Å². The number of rotatable bonds is 7. The van der Waals surface area contributed by atoms with E-state index in [1.165, 1.54) is 34.6 Å². The molecule has 0 aliphatic carbocycles. The lowest BCUT2D eigenvalue weighted by Crippen LogP contribution is -2.31. The molecule has 2 N–H and O–H groups in total. The molecule has 9 nitrogen and oxygen atoms in total. The van der Waals surface area contributed by atoms with E-state index in [1.807, 2.05) is 0 Å². The molecule has 1 heterocycles. The van der Waals surface area contributed by atoms with E-state index in [4.69, 9.17) is 11.6 Å². The van der Waals surface area contributed by atoms with Crippen LogP contribution in [-0.4, -0.2) is 46.7 Å². The highest BCUT2D eigenvalue weighted by Crippen LogP contribution is 2.21. The van der Waals surface area contributed by atoms with Gasteiger partial charge in [0.25, 0.3) is 5.56 Å². The SMILES string of the molecule is CCN(CC)S(=O)(=O)c1ccc(N=Cc2c(O)n(-c3cccc(Cl)c3)c(=O)[nH]c2=O)cc1. The van der Waals surface area contributed by atoms with E-state index in [9.17, 15) is 23.1 Å². The number of halogens is 1. The van der Waals surface area contributed by atoms with E-state index >= 15 is 0 Å². The van der Waals surface area contributed by atoms with Crippen LogP contribution < -0.4 is 11.2 Å². The summed E-state index contributed by atoms with van der Waals surface area (Å²) in [5, 5.41) is 10.9. The van der Waals surface area contributed by atoms with Gasteiger partial charge >= 0.3 is 5.69 Å². The number of benzene rings is 2. The first-order valence-corrected chi connectivity index (χ1v) is 11.5. The summed E-state index contributed by atoms with van der Waals surface area (Å²) in [4.78, 5) is 30.8. The molecule has 0 fully saturated rings. The fraction of sp³-hybridized carbons (Fsp3) is 0.190. The van der Waals surface area contributed by atoms with Gasteiger partial charge in [0.2, 0.25) is 15.9 Å². The quantitative estimate of drug-likeness (QED) is 0.507. The van der Waals surface area contributed by atoms with Crippen molar-refractivity contribution in [2.45, 2.75) is 18.7 Å². The average molecular weight is 477 g/mol. The molecule has 11 heteroatoms. The van der Waals surface area contributed by atoms with Crippen molar-refractivity contribution in [1.29, 1.82) is 0 Å². The van der Waals surface area contributed by atoms with Gasteiger partial charge in [0.05, 0.1) is 16.3 Å². The number of nitrogens with one attached hydrogen (secondary N) is 1. The van der Waals surface area contributed by atoms with E-state index in [0.29, 0.717) is 23.8 Å². The molecular formula is C21H21ClN4O5S. The average Bonchev–Trinajstić information content (AvgIpc) is 2.74. The Morgan fingerprint density at radius 3 is 2.38 bits per heavy atom. The van der Waals surface area contributed by atoms with Gasteiger partial charge in [0, 0.05) is 24.3 Å². The molecule has 0 saturated carbocycles. The summed E-state index contributed by atoms with van der Waals surface area (Å²) in [5.41, 5.74) is -1.29. The normalized spacial score (nSPS) is 12.0. The molecule has 0 radical (unpaired) electrons. The Labute approximate surface area is 189 Å². The number of aromatic nitrogens is 2. The summed E-state index contributed by atoms with van der Waals surface area (Å²) in [5.74, 6) is -0.606. The summed E-state index contributed by atoms with van der Waals surface area (Å²) in [6, 6.07) is 12.0. The van der Waals surface area contributed by atoms with Gasteiger partial charge in [-0.1, -0.05) is 31.5 Å². The minimum absolute atomic E-state index is 0.121. The molecule has 0 aliphatic rings. The minimum atomic E-state index is -3.61. The van der Waals surface area contributed by atoms with E-state index in [-0.39, 0.29) is 16.1 Å². The third-order valence-corrected chi connectivity index (χ3v) is 7.01. The predicted octanol–water partition coefficient (Wildman–Crippen LogP) is 2.67. The second-order valence-corrected chi connectivity index (χ2v) is 9.03. The Hall–Kier alpha value is -3.21. The molecular weight excluding hydrogens is 456 g/mol. The van der Waals surface area contributed by atoms with Gasteiger partial charge in [-0.2, -0.15) is 4.31 Å². The zero-order valence-electron chi connectivity index (χ0n) is 17.3. The summed E-state index contributed by atoms with van der Waals surface area (Å²) in [6.07, 6.45) is 1.10. The van der Waals surface area contributed by atoms with Crippen molar-refractivity contribution in [2.75, 3.05) is 13.1 Å². The zero-order chi connectivity index (χ0) is 23.5. The zero-order valence-corrected chi connectivity index (χ0v) is 18.9. The minimum Gasteiger partial charge on any atom is -0.493 e. The lowest BCUT2D eigenvalue weighted by Gasteiger charge is -2.18. The summed E-state index contributed by atoms with van der Waals surface area (Å²) in [6.45, 7) is 4.21. The Balaban J connectivity index is 1.98. The lowest BCUT2D eigenvalue weighted by molar-refractivity contribution is 0.430. The van der Waals surface area contributed by atoms with Crippen LogP contribution in [0.3, 0.4) is 0 Å². The number of hydrogen-bond donors (Lipinski definition) is 2. The van der Waals surface area contributed by atoms with Gasteiger partial charge in [-0.05, 0) is 42.5 Å². The maximum Gasteiger partial charge on any atom is 0.335 e. The van der Waals surface area contributed by atoms with E-state index in [0.717, 1.165) is 10.8 Å². The molecule has 0 unspecified atom stereocenters. The van der Waals surface area contributed by atoms with Crippen molar-refractivity contribution in [3.8, 4) is 11.6 Å². The number of nitrogens with zero attached hydrogens (tertiary/aromatic N) is 3. The first kappa shape index (κ1) is 23.5. The second-order valence-electron chi connectivity index (χ2n) is 6.65. The topological polar surface area (TPSA) is 125 Å². The fourth-order valence-corrected chi connectivity index (χ4v) is 4.71. The molecule has 0 atom stereocenters. The maximum atomic E-state index is 12.6. The standard InChI is InChI=1S/C21H21ClN4O5S/c1-3-25(4-2)32(30,31)17-10-8-15(9-11-17)23-13-18-19(27)24-21(29)26(20(18)28)16-7-5-6-14(22)12-16/h5-13,28H,3-4H2,1-2H3,(H,24,27,29). The van der Waals surface area contributed by atoms with Gasteiger partial charge in [0.15, 0.2) is 0 Å². The van der Waals surface area contributed by atoms with Crippen molar-refractivity contribution in [2.24, 2.45) is 4.99 Å². The van der Waals surface area contributed by atoms with Gasteiger partial charge in [0.1, 0.15) is 5.56 Å². The molecule has 0 bridgehead atoms. The van der Waals surface area contributed by atoms with Gasteiger partial charge in [-0.25, -0.2) is 17.8 Å². The number of sulfonamides is 1. The first-order chi connectivity index (χ1) is 15.2. The molecule has 2 aromatic carbocycles. The van der Waals surface area contributed by atoms with Gasteiger partial charge in [-0.15, -0.1) is 0 Å². The van der Waals surface area contributed by atoms with Gasteiger partial charge in [-0.3, -0.25) is 14.8 Å². The molecule has 0 spiro atoms. The molecule has 0 aliphatic heterocycles. The van der Waals surface area contributed by atoms with E-state index in [2.05, 4.69) is 9.98 Å². The highest BCUT2D eigenvalue weighted by Gasteiger charge is 2.21. The summed E-state index contributed by atoms with van der Waals surface area (Å²) in [7, 11) is -3.61. The number of hydrogen-bond acceptors (Lipinski definition) is 6. The number of aromatic hydroxyl groups is 1. The van der Waals surface area contributed by atoms with Crippen LogP contribution in [0.2, 0.25) is 5.02 Å². The Morgan fingerprint density at radius 2 is 1.78 bits per heavy atom. The van der Waals surface area contributed by atoms with Crippen molar-refractivity contribution in [1.82, 2.24) is 13.9 Å². The molecule has 32 heavy (non-hydrogen) atoms. The fourth-order valence-electron chi connectivity index (χ4n) is 3.07. The molecule has 168 valence electrons. The van der Waals surface area contributed by atoms with Crippen LogP contribution in [0, 0.1) is 0 Å². The number of aliphatic imine (C=N–C) groups is 1. The van der Waals surface area contributed by atoms with E-state index in [1.54, 1.807) is 32.0 Å². The Kier molecular flexibility index (Phi) is 6.97. The second kappa shape index (κ2) is 9.51. The molecule has 3 aromatic rings. The molecule has 0 saturated heterocycles. The first-order valence-electron chi connectivity index (χ1n) is 9.67. The smallest absolute Gasteiger partial charge is 0.335 e. The van der Waals surface area contributed by atoms with Crippen molar-refractivity contribution in [3.63, 3.8) is 0 Å². The highest BCUT2D eigenvalue weighted by molar-refractivity contribution is 7.89. The van der Waals surface area contributed by atoms with Crippen molar-refractivity contribution >= 4 is 33.5 Å². The van der Waals surface area contributed by atoms with Crippen LogP contribution in [0.25, 0.3) is 5.69 Å². The van der Waals surface area contributed by atoms with Crippen LogP contribution in [0.4, 0.5) is 5.69 Å². The summed E-state index contributed by atoms with van der Waals surface area (Å²) >= 11 is 5.95. The largest absolute Gasteiger partial charge is 0.493 e. The van der Waals surface area contributed by atoms with Crippen LogP contribution in [-0.2, 0) is 10.0 Å². The molecule has 1 aromatic heterocycles. The lowest BCUT2D eigenvalue weighted by atomic mass is 10.3. The van der Waals surface area contributed by atoms with Crippen molar-refractivity contribution < 1.29 is 13.5 Å². The third-order valence-electron chi connectivity index (χ3n) is 4.71. The monoisotopic (exact) mass is 476 g/mol. The number of aromatic amines is 1. The maximum absolute atomic E-state index is 12.6.